The third-order valence-electron chi connectivity index (χ3n) is 3.08. The highest BCUT2D eigenvalue weighted by Crippen LogP contribution is 2.36. The van der Waals surface area contributed by atoms with Gasteiger partial charge in [-0.2, -0.15) is 0 Å². The van der Waals surface area contributed by atoms with Crippen molar-refractivity contribution in [2.75, 3.05) is 26.7 Å². The van der Waals surface area contributed by atoms with Gasteiger partial charge in [-0.1, -0.05) is 0 Å². The molecule has 1 spiro atoms. The van der Waals surface area contributed by atoms with E-state index in [1.807, 2.05) is 5.01 Å². The molecule has 10 heavy (non-hydrogen) atoms. The summed E-state index contributed by atoms with van der Waals surface area (Å²) in [6, 6.07) is 0. The van der Waals surface area contributed by atoms with Gasteiger partial charge in [0.05, 0.1) is 0 Å². The van der Waals surface area contributed by atoms with Crippen LogP contribution in [0.15, 0.2) is 0 Å². The van der Waals surface area contributed by atoms with Crippen LogP contribution in [0.1, 0.15) is 12.8 Å². The van der Waals surface area contributed by atoms with Crippen molar-refractivity contribution in [3.05, 3.63) is 0 Å². The summed E-state index contributed by atoms with van der Waals surface area (Å²) in [4.78, 5) is 2.43. The lowest BCUT2D eigenvalue weighted by molar-refractivity contribution is 0.0195. The first-order valence-electron chi connectivity index (χ1n) is 3.94. The average Bonchev–Trinajstić information content (AvgIpc) is 2.31. The van der Waals surface area contributed by atoms with Crippen molar-refractivity contribution < 1.29 is 0 Å². The predicted octanol–water partition coefficient (Wildman–Crippen LogP) is -0.360. The van der Waals surface area contributed by atoms with E-state index in [4.69, 9.17) is 5.84 Å². The Kier molecular flexibility index (Phi) is 1.27. The van der Waals surface area contributed by atoms with Crippen LogP contribution in [0.5, 0.6) is 0 Å². The number of hydrazine groups is 1. The smallest absolute Gasteiger partial charge is 0.0372 e. The molecule has 2 N–H and O–H groups in total. The number of likely N-dealkylation sites (tertiary alicyclic amines) is 1. The van der Waals surface area contributed by atoms with Crippen LogP contribution in [0.25, 0.3) is 0 Å². The van der Waals surface area contributed by atoms with Gasteiger partial charge in [-0.25, -0.2) is 5.01 Å². The number of hydrogen-bond acceptors (Lipinski definition) is 3. The number of nitrogens with two attached hydrogens (primary N) is 1. The molecule has 0 amide bonds. The van der Waals surface area contributed by atoms with Gasteiger partial charge in [0, 0.05) is 25.2 Å². The molecular weight excluding hydrogens is 126 g/mol. The minimum Gasteiger partial charge on any atom is -0.299 e. The Balaban J connectivity index is 2.04. The lowest BCUT2D eigenvalue weighted by Gasteiger charge is -2.48. The monoisotopic (exact) mass is 141 g/mol. The van der Waals surface area contributed by atoms with Crippen molar-refractivity contribution in [1.82, 2.24) is 9.91 Å². The molecule has 3 heteroatoms. The van der Waals surface area contributed by atoms with Crippen LogP contribution >= 0.6 is 0 Å². The van der Waals surface area contributed by atoms with Crippen LogP contribution in [-0.2, 0) is 0 Å². The Morgan fingerprint density at radius 1 is 1.30 bits per heavy atom. The third kappa shape index (κ3) is 0.713. The van der Waals surface area contributed by atoms with Crippen LogP contribution in [0.4, 0.5) is 0 Å². The summed E-state index contributed by atoms with van der Waals surface area (Å²) in [5, 5.41) is 1.94. The van der Waals surface area contributed by atoms with E-state index in [9.17, 15) is 0 Å². The highest BCUT2D eigenvalue weighted by Gasteiger charge is 2.46. The topological polar surface area (TPSA) is 32.5 Å². The van der Waals surface area contributed by atoms with E-state index < -0.39 is 0 Å². The predicted molar refractivity (Wildman–Crippen MR) is 40.4 cm³/mol. The van der Waals surface area contributed by atoms with Crippen molar-refractivity contribution in [3.8, 4) is 0 Å². The molecule has 2 aliphatic heterocycles. The van der Waals surface area contributed by atoms with Gasteiger partial charge in [0.1, 0.15) is 0 Å². The van der Waals surface area contributed by atoms with Gasteiger partial charge in [0.2, 0.25) is 0 Å². The number of nitrogens with zero attached hydrogens (tertiary/aromatic N) is 2. The molecule has 2 fully saturated rings. The van der Waals surface area contributed by atoms with E-state index in [-0.39, 0.29) is 0 Å². The average molecular weight is 141 g/mol. The first-order valence-corrected chi connectivity index (χ1v) is 3.94. The summed E-state index contributed by atoms with van der Waals surface area (Å²) in [6.45, 7) is 3.40. The molecule has 0 aromatic rings. The molecule has 0 aromatic carbocycles. The summed E-state index contributed by atoms with van der Waals surface area (Å²) in [5.41, 5.74) is 0.481. The highest BCUT2D eigenvalue weighted by atomic mass is 15.5. The summed E-state index contributed by atoms with van der Waals surface area (Å²) in [7, 11) is 2.20. The fourth-order valence-electron chi connectivity index (χ4n) is 2.06. The van der Waals surface area contributed by atoms with Gasteiger partial charge in [-0.3, -0.25) is 10.7 Å². The molecule has 0 aromatic heterocycles. The second kappa shape index (κ2) is 1.94. The van der Waals surface area contributed by atoms with Crippen LogP contribution in [0.3, 0.4) is 0 Å². The van der Waals surface area contributed by atoms with Crippen molar-refractivity contribution in [2.45, 2.75) is 18.4 Å². The van der Waals surface area contributed by atoms with Gasteiger partial charge in [0.15, 0.2) is 0 Å². The first kappa shape index (κ1) is 6.58. The molecule has 1 unspecified atom stereocenters. The van der Waals surface area contributed by atoms with Gasteiger partial charge >= 0.3 is 0 Å². The summed E-state index contributed by atoms with van der Waals surface area (Å²) in [6.07, 6.45) is 2.61. The maximum atomic E-state index is 5.69. The fraction of sp³-hybridized carbons (Fsp3) is 1.00. The van der Waals surface area contributed by atoms with Crippen molar-refractivity contribution >= 4 is 0 Å². The van der Waals surface area contributed by atoms with Crippen molar-refractivity contribution in [3.63, 3.8) is 0 Å². The molecule has 0 bridgehead atoms. The zero-order valence-electron chi connectivity index (χ0n) is 6.51. The van der Waals surface area contributed by atoms with Crippen LogP contribution in [0.2, 0.25) is 0 Å². The molecule has 2 heterocycles. The Hall–Kier alpha value is -0.120. The minimum absolute atomic E-state index is 0.481. The number of rotatable bonds is 0. The van der Waals surface area contributed by atoms with Gasteiger partial charge in [0.25, 0.3) is 0 Å². The minimum atomic E-state index is 0.481. The molecule has 0 radical (unpaired) electrons. The standard InChI is InChI=1S/C7H15N3/c1-9-4-2-7(9)3-5-10(8)6-7/h2-6,8H2,1H3. The second-order valence-electron chi connectivity index (χ2n) is 3.62. The lowest BCUT2D eigenvalue weighted by Crippen LogP contribution is -2.59. The SMILES string of the molecule is CN1CCC12CCN(N)C2. The van der Waals surface area contributed by atoms with Crippen LogP contribution in [0, 0.1) is 0 Å². The van der Waals surface area contributed by atoms with E-state index in [1.54, 1.807) is 0 Å². The molecule has 0 aliphatic carbocycles. The first-order chi connectivity index (χ1) is 4.73. The molecule has 0 saturated carbocycles. The molecule has 1 atom stereocenters. The van der Waals surface area contributed by atoms with Gasteiger partial charge in [-0.05, 0) is 19.9 Å². The largest absolute Gasteiger partial charge is 0.299 e. The normalized spacial score (nSPS) is 42.6. The zero-order valence-corrected chi connectivity index (χ0v) is 6.51. The fourth-order valence-corrected chi connectivity index (χ4v) is 2.06. The molecule has 2 rings (SSSR count). The van der Waals surface area contributed by atoms with Crippen LogP contribution in [-0.4, -0.2) is 42.1 Å². The molecule has 58 valence electrons. The Morgan fingerprint density at radius 2 is 2.00 bits per heavy atom. The van der Waals surface area contributed by atoms with E-state index in [2.05, 4.69) is 11.9 Å². The van der Waals surface area contributed by atoms with Crippen LogP contribution < -0.4 is 5.84 Å². The highest BCUT2D eigenvalue weighted by molar-refractivity contribution is 5.03. The quantitative estimate of drug-likeness (QED) is 0.468. The number of likely N-dealkylation sites (N-methyl/N-ethyl adjacent to an activating group) is 1. The molecular formula is C7H15N3. The maximum Gasteiger partial charge on any atom is 0.0372 e. The Labute approximate surface area is 61.7 Å². The van der Waals surface area contributed by atoms with Gasteiger partial charge in [-0.15, -0.1) is 0 Å². The second-order valence-corrected chi connectivity index (χ2v) is 3.62. The van der Waals surface area contributed by atoms with E-state index >= 15 is 0 Å². The molecule has 2 saturated heterocycles. The van der Waals surface area contributed by atoms with Crippen molar-refractivity contribution in [2.24, 2.45) is 5.84 Å². The molecule has 3 nitrogen and oxygen atoms in total. The summed E-state index contributed by atoms with van der Waals surface area (Å²) < 4.78 is 0. The van der Waals surface area contributed by atoms with E-state index in [0.29, 0.717) is 5.54 Å². The zero-order chi connectivity index (χ0) is 7.19. The van der Waals surface area contributed by atoms with E-state index in [0.717, 1.165) is 13.1 Å². The number of hydrogen-bond donors (Lipinski definition) is 1. The Morgan fingerprint density at radius 3 is 2.20 bits per heavy atom. The lowest BCUT2D eigenvalue weighted by atomic mass is 9.85. The summed E-state index contributed by atoms with van der Waals surface area (Å²) >= 11 is 0. The Bertz CT molecular complexity index is 148. The molecule has 2 aliphatic rings. The summed E-state index contributed by atoms with van der Waals surface area (Å²) in [5.74, 6) is 5.69. The maximum absolute atomic E-state index is 5.69. The van der Waals surface area contributed by atoms with Gasteiger partial charge < -0.3 is 0 Å². The third-order valence-corrected chi connectivity index (χ3v) is 3.08. The van der Waals surface area contributed by atoms with E-state index in [1.165, 1.54) is 19.4 Å². The van der Waals surface area contributed by atoms with Crippen molar-refractivity contribution in [1.29, 1.82) is 0 Å².